The summed E-state index contributed by atoms with van der Waals surface area (Å²) < 4.78 is 0. The van der Waals surface area contributed by atoms with Gasteiger partial charge in [-0.15, -0.1) is 0 Å². The maximum absolute atomic E-state index is 13.2. The van der Waals surface area contributed by atoms with Crippen LogP contribution < -0.4 is 0 Å². The minimum Gasteiger partial charge on any atom is -0.396 e. The summed E-state index contributed by atoms with van der Waals surface area (Å²) in [5.41, 5.74) is -0.602. The van der Waals surface area contributed by atoms with E-state index in [0.717, 1.165) is 51.4 Å². The van der Waals surface area contributed by atoms with Crippen molar-refractivity contribution in [1.82, 2.24) is 0 Å². The number of aliphatic hydroxyl groups is 1. The van der Waals surface area contributed by atoms with Crippen molar-refractivity contribution in [3.8, 4) is 6.07 Å². The molecule has 0 bridgehead atoms. The van der Waals surface area contributed by atoms with Gasteiger partial charge in [0.2, 0.25) is 0 Å². The van der Waals surface area contributed by atoms with Crippen molar-refractivity contribution in [2.45, 2.75) is 134 Å². The van der Waals surface area contributed by atoms with Gasteiger partial charge in [0.05, 0.1) is 5.57 Å². The lowest BCUT2D eigenvalue weighted by Gasteiger charge is -2.64. The molecule has 2 aliphatic carbocycles. The van der Waals surface area contributed by atoms with Crippen molar-refractivity contribution in [3.63, 3.8) is 0 Å². The monoisotopic (exact) mass is 527 g/mol. The van der Waals surface area contributed by atoms with E-state index in [2.05, 4.69) is 61.5 Å². The van der Waals surface area contributed by atoms with E-state index < -0.39 is 10.8 Å². The van der Waals surface area contributed by atoms with Gasteiger partial charge >= 0.3 is 0 Å². The second kappa shape index (κ2) is 11.2. The van der Waals surface area contributed by atoms with E-state index in [1.807, 2.05) is 19.9 Å². The van der Waals surface area contributed by atoms with Crippen LogP contribution in [-0.2, 0) is 9.59 Å². The molecule has 0 amide bonds. The highest BCUT2D eigenvalue weighted by atomic mass is 16.3. The molecule has 216 valence electrons. The van der Waals surface area contributed by atoms with Crippen molar-refractivity contribution < 1.29 is 14.7 Å². The summed E-state index contributed by atoms with van der Waals surface area (Å²) in [4.78, 5) is 26.0. The van der Waals surface area contributed by atoms with Crippen LogP contribution in [0.15, 0.2) is 11.6 Å². The van der Waals surface area contributed by atoms with Crippen LogP contribution in [0.5, 0.6) is 0 Å². The van der Waals surface area contributed by atoms with Crippen LogP contribution >= 0.6 is 0 Å². The summed E-state index contributed by atoms with van der Waals surface area (Å²) >= 11 is 0. The maximum atomic E-state index is 13.2. The highest BCUT2D eigenvalue weighted by molar-refractivity contribution is 6.04. The number of ketones is 2. The quantitative estimate of drug-likeness (QED) is 0.276. The van der Waals surface area contributed by atoms with Gasteiger partial charge in [0, 0.05) is 18.4 Å². The number of fused-ring (bicyclic) bond motifs is 1. The second-order valence-electron chi connectivity index (χ2n) is 15.7. The summed E-state index contributed by atoms with van der Waals surface area (Å²) in [6.45, 7) is 24.5. The van der Waals surface area contributed by atoms with Crippen LogP contribution in [-0.4, -0.2) is 23.3 Å². The molecule has 1 saturated carbocycles. The van der Waals surface area contributed by atoms with Crippen LogP contribution in [0.1, 0.15) is 134 Å². The van der Waals surface area contributed by atoms with Crippen LogP contribution in [0.2, 0.25) is 0 Å². The third-order valence-corrected chi connectivity index (χ3v) is 12.0. The number of nitrogens with zero attached hydrogens (tertiary/aromatic N) is 1. The number of carbonyl (C=O) groups excluding carboxylic acids is 2. The Hall–Kier alpha value is -1.47. The van der Waals surface area contributed by atoms with Gasteiger partial charge in [0.15, 0.2) is 5.78 Å². The molecule has 4 heteroatoms. The number of allylic oxidation sites excluding steroid dienone is 2. The lowest BCUT2D eigenvalue weighted by Crippen LogP contribution is -2.60. The van der Waals surface area contributed by atoms with E-state index in [0.29, 0.717) is 11.8 Å². The number of hydrogen-bond donors (Lipinski definition) is 1. The normalized spacial score (nSPS) is 31.1. The predicted octanol–water partition coefficient (Wildman–Crippen LogP) is 8.47. The number of hydrogen-bond acceptors (Lipinski definition) is 4. The zero-order valence-corrected chi connectivity index (χ0v) is 26.5. The fourth-order valence-corrected chi connectivity index (χ4v) is 8.07. The Morgan fingerprint density at radius 1 is 1.05 bits per heavy atom. The van der Waals surface area contributed by atoms with Crippen molar-refractivity contribution in [2.24, 2.45) is 44.3 Å². The SMILES string of the molecule is CCC(C)(C)CC[C@](C)(CCO)CCC(C)(C)[C@]1(C)CC[C@H]2C(C)(C)C(=O)C(C#N)=C[C@]2(C)[C@H]1CC(C)=O. The molecule has 5 atom stereocenters. The highest BCUT2D eigenvalue weighted by Crippen LogP contribution is 2.68. The third-order valence-electron chi connectivity index (χ3n) is 12.0. The minimum absolute atomic E-state index is 0.0418. The fraction of sp³-hybridized carbons (Fsp3) is 0.853. The maximum Gasteiger partial charge on any atom is 0.178 e. The zero-order valence-electron chi connectivity index (χ0n) is 26.5. The number of nitriles is 1. The Bertz CT molecular complexity index is 967. The Balaban J connectivity index is 2.48. The van der Waals surface area contributed by atoms with Crippen LogP contribution in [0, 0.1) is 55.7 Å². The molecule has 0 spiro atoms. The Morgan fingerprint density at radius 2 is 1.63 bits per heavy atom. The molecule has 0 saturated heterocycles. The van der Waals surface area contributed by atoms with E-state index in [9.17, 15) is 20.0 Å². The average molecular weight is 528 g/mol. The Morgan fingerprint density at radius 3 is 2.13 bits per heavy atom. The lowest BCUT2D eigenvalue weighted by molar-refractivity contribution is -0.156. The molecule has 0 aromatic heterocycles. The zero-order chi connectivity index (χ0) is 29.4. The summed E-state index contributed by atoms with van der Waals surface area (Å²) in [5, 5.41) is 19.8. The van der Waals surface area contributed by atoms with Gasteiger partial charge in [-0.3, -0.25) is 4.79 Å². The summed E-state index contributed by atoms with van der Waals surface area (Å²) in [7, 11) is 0. The first kappa shape index (κ1) is 32.7. The van der Waals surface area contributed by atoms with Crippen LogP contribution in [0.4, 0.5) is 0 Å². The predicted molar refractivity (Wildman–Crippen MR) is 156 cm³/mol. The van der Waals surface area contributed by atoms with E-state index in [-0.39, 0.29) is 51.8 Å². The van der Waals surface area contributed by atoms with E-state index >= 15 is 0 Å². The number of Topliss-reactive ketones (excluding diaryl/α,β-unsaturated/α-hetero) is 2. The van der Waals surface area contributed by atoms with Crippen LogP contribution in [0.25, 0.3) is 0 Å². The molecule has 38 heavy (non-hydrogen) atoms. The van der Waals surface area contributed by atoms with Crippen molar-refractivity contribution in [1.29, 1.82) is 5.26 Å². The smallest absolute Gasteiger partial charge is 0.178 e. The molecule has 0 heterocycles. The summed E-state index contributed by atoms with van der Waals surface area (Å²) in [6.07, 6.45) is 10.5. The van der Waals surface area contributed by atoms with E-state index in [4.69, 9.17) is 0 Å². The molecule has 0 aromatic carbocycles. The molecule has 1 fully saturated rings. The highest BCUT2D eigenvalue weighted by Gasteiger charge is 2.63. The second-order valence-corrected chi connectivity index (χ2v) is 15.7. The van der Waals surface area contributed by atoms with Gasteiger partial charge in [-0.05, 0) is 90.8 Å². The Kier molecular flexibility index (Phi) is 9.64. The van der Waals surface area contributed by atoms with Gasteiger partial charge in [-0.1, -0.05) is 81.7 Å². The van der Waals surface area contributed by atoms with Crippen LogP contribution in [0.3, 0.4) is 0 Å². The first-order chi connectivity index (χ1) is 17.2. The molecule has 2 aliphatic rings. The molecular formula is C34H57NO3. The summed E-state index contributed by atoms with van der Waals surface area (Å²) in [5.74, 6) is 0.262. The fourth-order valence-electron chi connectivity index (χ4n) is 8.07. The number of aliphatic hydroxyl groups excluding tert-OH is 1. The first-order valence-electron chi connectivity index (χ1n) is 15.0. The average Bonchev–Trinajstić information content (AvgIpc) is 2.81. The minimum atomic E-state index is -0.624. The standard InChI is InChI=1S/C34H57NO3/c1-12-29(3,4)15-17-32(9,19-20-36)18-16-30(5,6)34(11)14-13-26-31(7,8)28(38)25(23-35)22-33(26,10)27(34)21-24(2)37/h22,26-27,36H,12-21H2,1-11H3/t26-,27+,32-,33-,34+/m0/s1. The molecule has 0 aliphatic heterocycles. The van der Waals surface area contributed by atoms with E-state index in [1.54, 1.807) is 6.92 Å². The molecule has 0 unspecified atom stereocenters. The van der Waals surface area contributed by atoms with Gasteiger partial charge in [0.1, 0.15) is 11.9 Å². The largest absolute Gasteiger partial charge is 0.396 e. The van der Waals surface area contributed by atoms with Gasteiger partial charge < -0.3 is 9.90 Å². The number of carbonyl (C=O) groups is 2. The van der Waals surface area contributed by atoms with Gasteiger partial charge in [-0.25, -0.2) is 0 Å². The van der Waals surface area contributed by atoms with Gasteiger partial charge in [-0.2, -0.15) is 5.26 Å². The van der Waals surface area contributed by atoms with Crippen molar-refractivity contribution >= 4 is 11.6 Å². The van der Waals surface area contributed by atoms with E-state index in [1.165, 1.54) is 0 Å². The summed E-state index contributed by atoms with van der Waals surface area (Å²) in [6, 6.07) is 2.20. The lowest BCUT2D eigenvalue weighted by atomic mass is 9.39. The van der Waals surface area contributed by atoms with Crippen molar-refractivity contribution in [2.75, 3.05) is 6.61 Å². The third kappa shape index (κ3) is 6.14. The Labute approximate surface area is 234 Å². The number of rotatable bonds is 12. The molecule has 0 aromatic rings. The first-order valence-corrected chi connectivity index (χ1v) is 15.0. The molecule has 0 radical (unpaired) electrons. The molecule has 4 nitrogen and oxygen atoms in total. The molecule has 2 rings (SSSR count). The molecule has 1 N–H and O–H groups in total. The van der Waals surface area contributed by atoms with Gasteiger partial charge in [0.25, 0.3) is 0 Å². The van der Waals surface area contributed by atoms with Crippen molar-refractivity contribution in [3.05, 3.63) is 11.6 Å². The topological polar surface area (TPSA) is 78.2 Å². The molecular weight excluding hydrogens is 470 g/mol.